The fraction of sp³-hybridized carbons (Fsp3) is 0.857. The molecule has 0 aromatic carbocycles. The van der Waals surface area contributed by atoms with Gasteiger partial charge < -0.3 is 9.80 Å². The Morgan fingerprint density at radius 1 is 0.731 bits per heavy atom. The van der Waals surface area contributed by atoms with Crippen LogP contribution in [0.1, 0.15) is 75.7 Å². The standard InChI is InChI=1S/C8H15NO.C7H15NO.C6H12O/c1-8(2,3)7(10)9-5-4-6-9;1-7(2,3)6(9)8(4)5;1-5(7)6(2,3)4/h4-6H2,1-3H3;1-5H3;1-4H3. The van der Waals surface area contributed by atoms with Gasteiger partial charge in [-0.1, -0.05) is 62.3 Å². The van der Waals surface area contributed by atoms with E-state index in [0.717, 1.165) is 13.1 Å². The van der Waals surface area contributed by atoms with Crippen molar-refractivity contribution in [1.82, 2.24) is 9.80 Å². The Kier molecular flexibility index (Phi) is 10.4. The summed E-state index contributed by atoms with van der Waals surface area (Å²) >= 11 is 0. The van der Waals surface area contributed by atoms with Crippen LogP contribution in [0.5, 0.6) is 0 Å². The molecule has 0 radical (unpaired) electrons. The highest BCUT2D eigenvalue weighted by atomic mass is 16.2. The van der Waals surface area contributed by atoms with E-state index < -0.39 is 0 Å². The van der Waals surface area contributed by atoms with Gasteiger partial charge in [0.05, 0.1) is 0 Å². The molecule has 1 rings (SSSR count). The number of carbonyl (C=O) groups excluding carboxylic acids is 3. The molecule has 0 saturated carbocycles. The lowest BCUT2D eigenvalue weighted by molar-refractivity contribution is -0.143. The minimum absolute atomic E-state index is 0.139. The number of amides is 2. The first kappa shape index (κ1) is 26.8. The number of rotatable bonds is 0. The van der Waals surface area contributed by atoms with E-state index in [0.29, 0.717) is 5.91 Å². The Hall–Kier alpha value is -1.39. The van der Waals surface area contributed by atoms with E-state index in [1.807, 2.05) is 67.2 Å². The van der Waals surface area contributed by atoms with Gasteiger partial charge >= 0.3 is 0 Å². The van der Waals surface area contributed by atoms with Crippen molar-refractivity contribution in [1.29, 1.82) is 0 Å². The number of likely N-dealkylation sites (tertiary alicyclic amines) is 1. The van der Waals surface area contributed by atoms with Gasteiger partial charge in [0.1, 0.15) is 5.78 Å². The summed E-state index contributed by atoms with van der Waals surface area (Å²) in [5, 5.41) is 0. The third kappa shape index (κ3) is 11.3. The largest absolute Gasteiger partial charge is 0.348 e. The van der Waals surface area contributed by atoms with E-state index in [-0.39, 0.29) is 27.9 Å². The first-order valence-electron chi connectivity index (χ1n) is 9.34. The number of Topliss-reactive ketones (excluding diaryl/α,β-unsaturated/α-hetero) is 1. The zero-order valence-corrected chi connectivity index (χ0v) is 19.2. The van der Waals surface area contributed by atoms with Crippen LogP contribution in [0, 0.1) is 16.2 Å². The smallest absolute Gasteiger partial charge is 0.227 e. The Balaban J connectivity index is 0. The van der Waals surface area contributed by atoms with Crippen LogP contribution in [0.25, 0.3) is 0 Å². The molecule has 0 N–H and O–H groups in total. The Bertz CT molecular complexity index is 471. The molecule has 0 spiro atoms. The Morgan fingerprint density at radius 3 is 1.12 bits per heavy atom. The zero-order chi connectivity index (χ0) is 21.5. The Labute approximate surface area is 161 Å². The van der Waals surface area contributed by atoms with Crippen molar-refractivity contribution in [3.8, 4) is 0 Å². The van der Waals surface area contributed by atoms with Crippen molar-refractivity contribution in [2.24, 2.45) is 16.2 Å². The highest BCUT2D eigenvalue weighted by Crippen LogP contribution is 2.20. The summed E-state index contributed by atoms with van der Waals surface area (Å²) in [6.45, 7) is 20.9. The minimum Gasteiger partial charge on any atom is -0.348 e. The summed E-state index contributed by atoms with van der Waals surface area (Å²) in [5.41, 5.74) is -0.552. The lowest BCUT2D eigenvalue weighted by Crippen LogP contribution is -2.47. The van der Waals surface area contributed by atoms with E-state index in [1.165, 1.54) is 6.42 Å². The van der Waals surface area contributed by atoms with Crippen LogP contribution in [0.3, 0.4) is 0 Å². The second-order valence-corrected chi connectivity index (χ2v) is 10.2. The number of carbonyl (C=O) groups is 3. The number of hydrogen-bond acceptors (Lipinski definition) is 3. The van der Waals surface area contributed by atoms with Gasteiger partial charge in [0.2, 0.25) is 11.8 Å². The molecule has 26 heavy (non-hydrogen) atoms. The van der Waals surface area contributed by atoms with Crippen LogP contribution < -0.4 is 0 Å². The summed E-state index contributed by atoms with van der Waals surface area (Å²) in [5.74, 6) is 0.703. The minimum atomic E-state index is -0.233. The van der Waals surface area contributed by atoms with Gasteiger partial charge in [-0.3, -0.25) is 14.4 Å². The second-order valence-electron chi connectivity index (χ2n) is 10.2. The number of ketones is 1. The van der Waals surface area contributed by atoms with Crippen molar-refractivity contribution in [2.45, 2.75) is 75.7 Å². The molecule has 2 amide bonds. The average Bonchev–Trinajstić information content (AvgIpc) is 2.33. The molecule has 0 bridgehead atoms. The average molecular weight is 371 g/mol. The third-order valence-corrected chi connectivity index (χ3v) is 3.89. The maximum Gasteiger partial charge on any atom is 0.227 e. The molecule has 0 atom stereocenters. The predicted octanol–water partition coefficient (Wildman–Crippen LogP) is 4.01. The van der Waals surface area contributed by atoms with Crippen LogP contribution in [0.4, 0.5) is 0 Å². The summed E-state index contributed by atoms with van der Waals surface area (Å²) < 4.78 is 0. The van der Waals surface area contributed by atoms with Gasteiger partial charge in [-0.05, 0) is 13.3 Å². The van der Waals surface area contributed by atoms with Crippen molar-refractivity contribution >= 4 is 17.6 Å². The first-order chi connectivity index (χ1) is 11.3. The van der Waals surface area contributed by atoms with Gasteiger partial charge in [-0.25, -0.2) is 0 Å². The molecule has 0 aromatic rings. The highest BCUT2D eigenvalue weighted by molar-refractivity contribution is 5.82. The molecular weight excluding hydrogens is 328 g/mol. The highest BCUT2D eigenvalue weighted by Gasteiger charge is 2.30. The second kappa shape index (κ2) is 10.1. The summed E-state index contributed by atoms with van der Waals surface area (Å²) in [6, 6.07) is 0. The monoisotopic (exact) mass is 370 g/mol. The fourth-order valence-corrected chi connectivity index (χ4v) is 1.66. The van der Waals surface area contributed by atoms with Gasteiger partial charge in [0.25, 0.3) is 0 Å². The topological polar surface area (TPSA) is 57.7 Å². The molecule has 1 heterocycles. The van der Waals surface area contributed by atoms with E-state index in [4.69, 9.17) is 0 Å². The molecule has 1 fully saturated rings. The van der Waals surface area contributed by atoms with E-state index in [2.05, 4.69) is 0 Å². The van der Waals surface area contributed by atoms with Crippen LogP contribution in [-0.4, -0.2) is 54.6 Å². The molecule has 1 aliphatic heterocycles. The molecule has 5 heteroatoms. The molecule has 0 unspecified atom stereocenters. The maximum atomic E-state index is 11.4. The molecule has 0 aromatic heterocycles. The predicted molar refractivity (Wildman–Crippen MR) is 109 cm³/mol. The molecule has 1 saturated heterocycles. The van der Waals surface area contributed by atoms with Gasteiger partial charge in [-0.15, -0.1) is 0 Å². The SMILES string of the molecule is CC(=O)C(C)(C)C.CC(C)(C)C(=O)N1CCC1.CN(C)C(=O)C(C)(C)C. The molecular formula is C21H42N2O3. The van der Waals surface area contributed by atoms with Crippen LogP contribution in [-0.2, 0) is 14.4 Å². The van der Waals surface area contributed by atoms with E-state index >= 15 is 0 Å². The fourth-order valence-electron chi connectivity index (χ4n) is 1.66. The summed E-state index contributed by atoms with van der Waals surface area (Å²) in [6.07, 6.45) is 1.18. The lowest BCUT2D eigenvalue weighted by Gasteiger charge is -2.35. The number of hydrogen-bond donors (Lipinski definition) is 0. The van der Waals surface area contributed by atoms with Gasteiger partial charge in [0, 0.05) is 43.4 Å². The van der Waals surface area contributed by atoms with Crippen molar-refractivity contribution in [3.05, 3.63) is 0 Å². The van der Waals surface area contributed by atoms with Crippen LogP contribution in [0.15, 0.2) is 0 Å². The summed E-state index contributed by atoms with van der Waals surface area (Å²) in [4.78, 5) is 36.5. The van der Waals surface area contributed by atoms with Gasteiger partial charge in [-0.2, -0.15) is 0 Å². The third-order valence-electron chi connectivity index (χ3n) is 3.89. The zero-order valence-electron chi connectivity index (χ0n) is 19.2. The van der Waals surface area contributed by atoms with E-state index in [9.17, 15) is 14.4 Å². The first-order valence-corrected chi connectivity index (χ1v) is 9.34. The van der Waals surface area contributed by atoms with Crippen LogP contribution in [0.2, 0.25) is 0 Å². The van der Waals surface area contributed by atoms with Gasteiger partial charge in [0.15, 0.2) is 0 Å². The Morgan fingerprint density at radius 2 is 1.08 bits per heavy atom. The van der Waals surface area contributed by atoms with Crippen molar-refractivity contribution in [3.63, 3.8) is 0 Å². The van der Waals surface area contributed by atoms with Crippen molar-refractivity contribution < 1.29 is 14.4 Å². The molecule has 5 nitrogen and oxygen atoms in total. The summed E-state index contributed by atoms with van der Waals surface area (Å²) in [7, 11) is 3.54. The van der Waals surface area contributed by atoms with Crippen LogP contribution >= 0.6 is 0 Å². The quantitative estimate of drug-likeness (QED) is 0.647. The maximum absolute atomic E-state index is 11.4. The van der Waals surface area contributed by atoms with E-state index in [1.54, 1.807) is 25.9 Å². The molecule has 0 aliphatic carbocycles. The molecule has 1 aliphatic rings. The lowest BCUT2D eigenvalue weighted by atomic mass is 9.92. The number of nitrogens with zero attached hydrogens (tertiary/aromatic N) is 2. The van der Waals surface area contributed by atoms with Crippen molar-refractivity contribution in [2.75, 3.05) is 27.2 Å². The molecule has 154 valence electrons. The normalized spacial score (nSPS) is 14.1.